The molecule has 1 aromatic rings. The lowest BCUT2D eigenvalue weighted by Gasteiger charge is -2.44. The molecule has 2 aliphatic rings. The Hall–Kier alpha value is -0.600. The Labute approximate surface area is 95.4 Å². The molecule has 2 bridgehead atoms. The molecule has 0 fully saturated rings. The number of thiophene rings is 1. The Morgan fingerprint density at radius 2 is 2.07 bits per heavy atom. The van der Waals surface area contributed by atoms with E-state index in [9.17, 15) is 0 Å². The standard InChI is InChI=1S/C13H17NS/c1-8-6-12-13-10(4-5-15-13)7-11(9(8)2)14(12)3/h4-5,11-12H,6-7H2,1-3H3. The fourth-order valence-corrected chi connectivity index (χ4v) is 4.08. The van der Waals surface area contributed by atoms with Crippen LogP contribution < -0.4 is 0 Å². The molecule has 3 heterocycles. The molecular weight excluding hydrogens is 202 g/mol. The fraction of sp³-hybridized carbons (Fsp3) is 0.538. The molecule has 2 atom stereocenters. The third kappa shape index (κ3) is 1.25. The number of rotatable bonds is 0. The van der Waals surface area contributed by atoms with Crippen molar-refractivity contribution < 1.29 is 0 Å². The molecule has 2 aliphatic heterocycles. The van der Waals surface area contributed by atoms with Crippen molar-refractivity contribution in [3.05, 3.63) is 33.0 Å². The average Bonchev–Trinajstić information content (AvgIpc) is 2.65. The van der Waals surface area contributed by atoms with Gasteiger partial charge in [-0.3, -0.25) is 4.90 Å². The zero-order chi connectivity index (χ0) is 10.6. The number of fused-ring (bicyclic) bond motifs is 4. The molecule has 0 saturated carbocycles. The van der Waals surface area contributed by atoms with Crippen molar-refractivity contribution in [2.75, 3.05) is 7.05 Å². The minimum atomic E-state index is 0.655. The van der Waals surface area contributed by atoms with Crippen molar-refractivity contribution in [2.45, 2.75) is 38.8 Å². The number of likely N-dealkylation sites (N-methyl/N-ethyl adjacent to an activating group) is 1. The monoisotopic (exact) mass is 219 g/mol. The zero-order valence-electron chi connectivity index (χ0n) is 9.58. The van der Waals surface area contributed by atoms with E-state index in [1.54, 1.807) is 21.6 Å². The van der Waals surface area contributed by atoms with Gasteiger partial charge in [0.15, 0.2) is 0 Å². The van der Waals surface area contributed by atoms with Crippen LogP contribution in [0.4, 0.5) is 0 Å². The van der Waals surface area contributed by atoms with Crippen LogP contribution in [0.3, 0.4) is 0 Å². The van der Waals surface area contributed by atoms with Crippen LogP contribution in [-0.2, 0) is 6.42 Å². The highest BCUT2D eigenvalue weighted by molar-refractivity contribution is 7.10. The molecule has 2 heteroatoms. The van der Waals surface area contributed by atoms with E-state index in [2.05, 4.69) is 37.2 Å². The van der Waals surface area contributed by atoms with Crippen LogP contribution in [0.2, 0.25) is 0 Å². The Kier molecular flexibility index (Phi) is 2.05. The van der Waals surface area contributed by atoms with E-state index in [-0.39, 0.29) is 0 Å². The topological polar surface area (TPSA) is 3.24 Å². The van der Waals surface area contributed by atoms with E-state index in [1.807, 2.05) is 11.3 Å². The summed E-state index contributed by atoms with van der Waals surface area (Å²) in [6, 6.07) is 3.63. The summed E-state index contributed by atoms with van der Waals surface area (Å²) in [4.78, 5) is 4.18. The predicted octanol–water partition coefficient (Wildman–Crippen LogP) is 3.39. The first-order valence-electron chi connectivity index (χ1n) is 5.63. The van der Waals surface area contributed by atoms with Gasteiger partial charge in [0.2, 0.25) is 0 Å². The van der Waals surface area contributed by atoms with E-state index in [0.29, 0.717) is 12.1 Å². The molecule has 0 amide bonds. The smallest absolute Gasteiger partial charge is 0.0484 e. The molecule has 0 saturated heterocycles. The van der Waals surface area contributed by atoms with E-state index in [1.165, 1.54) is 12.8 Å². The van der Waals surface area contributed by atoms with Crippen molar-refractivity contribution in [1.82, 2.24) is 4.90 Å². The maximum absolute atomic E-state index is 2.57. The first-order chi connectivity index (χ1) is 7.18. The molecule has 0 aromatic carbocycles. The lowest BCUT2D eigenvalue weighted by atomic mass is 9.81. The lowest BCUT2D eigenvalue weighted by Crippen LogP contribution is -2.44. The quantitative estimate of drug-likeness (QED) is 0.605. The summed E-state index contributed by atoms with van der Waals surface area (Å²) in [5, 5.41) is 2.25. The molecule has 2 unspecified atom stereocenters. The Balaban J connectivity index is 2.12. The second-order valence-electron chi connectivity index (χ2n) is 4.88. The normalized spacial score (nSPS) is 30.6. The molecule has 3 rings (SSSR count). The summed E-state index contributed by atoms with van der Waals surface area (Å²) >= 11 is 1.94. The maximum Gasteiger partial charge on any atom is 0.0484 e. The van der Waals surface area contributed by atoms with Crippen molar-refractivity contribution in [3.63, 3.8) is 0 Å². The van der Waals surface area contributed by atoms with Gasteiger partial charge in [0.1, 0.15) is 0 Å². The molecule has 1 aromatic heterocycles. The summed E-state index contributed by atoms with van der Waals surface area (Å²) < 4.78 is 0. The molecular formula is C13H17NS. The van der Waals surface area contributed by atoms with Crippen LogP contribution in [0.1, 0.15) is 36.8 Å². The van der Waals surface area contributed by atoms with Gasteiger partial charge in [-0.25, -0.2) is 0 Å². The summed E-state index contributed by atoms with van der Waals surface area (Å²) in [6.45, 7) is 4.62. The maximum atomic E-state index is 2.57. The van der Waals surface area contributed by atoms with Crippen LogP contribution in [0.25, 0.3) is 0 Å². The van der Waals surface area contributed by atoms with Crippen molar-refractivity contribution in [1.29, 1.82) is 0 Å². The van der Waals surface area contributed by atoms with Gasteiger partial charge in [-0.1, -0.05) is 11.1 Å². The first kappa shape index (κ1) is 9.61. The Morgan fingerprint density at radius 1 is 1.27 bits per heavy atom. The first-order valence-corrected chi connectivity index (χ1v) is 6.51. The van der Waals surface area contributed by atoms with Crippen molar-refractivity contribution in [2.24, 2.45) is 0 Å². The summed E-state index contributed by atoms with van der Waals surface area (Å²) in [6.07, 6.45) is 2.45. The van der Waals surface area contributed by atoms with Crippen LogP contribution >= 0.6 is 11.3 Å². The third-order valence-electron chi connectivity index (χ3n) is 4.15. The minimum absolute atomic E-state index is 0.655. The van der Waals surface area contributed by atoms with Gasteiger partial charge in [0.25, 0.3) is 0 Å². The van der Waals surface area contributed by atoms with Crippen LogP contribution in [-0.4, -0.2) is 18.0 Å². The molecule has 0 spiro atoms. The van der Waals surface area contributed by atoms with Crippen LogP contribution in [0, 0.1) is 0 Å². The molecule has 0 radical (unpaired) electrons. The molecule has 0 aliphatic carbocycles. The van der Waals surface area contributed by atoms with Gasteiger partial charge in [0, 0.05) is 17.0 Å². The molecule has 15 heavy (non-hydrogen) atoms. The van der Waals surface area contributed by atoms with Crippen LogP contribution in [0.5, 0.6) is 0 Å². The van der Waals surface area contributed by atoms with E-state index in [4.69, 9.17) is 0 Å². The van der Waals surface area contributed by atoms with Gasteiger partial charge in [0.05, 0.1) is 0 Å². The highest BCUT2D eigenvalue weighted by Gasteiger charge is 2.37. The SMILES string of the molecule is CC1=C(C)C2Cc3ccsc3C(C1)N2C. The molecule has 80 valence electrons. The summed E-state index contributed by atoms with van der Waals surface area (Å²) in [7, 11) is 2.29. The lowest BCUT2D eigenvalue weighted by molar-refractivity contribution is 0.163. The fourth-order valence-electron chi connectivity index (χ4n) is 2.99. The zero-order valence-corrected chi connectivity index (χ0v) is 10.4. The van der Waals surface area contributed by atoms with E-state index in [0.717, 1.165) is 0 Å². The number of nitrogens with zero attached hydrogens (tertiary/aromatic N) is 1. The van der Waals surface area contributed by atoms with E-state index >= 15 is 0 Å². The second-order valence-corrected chi connectivity index (χ2v) is 5.83. The summed E-state index contributed by atoms with van der Waals surface area (Å²) in [5.41, 5.74) is 4.81. The summed E-state index contributed by atoms with van der Waals surface area (Å²) in [5.74, 6) is 0. The van der Waals surface area contributed by atoms with Crippen molar-refractivity contribution in [3.8, 4) is 0 Å². The number of hydrogen-bond donors (Lipinski definition) is 0. The van der Waals surface area contributed by atoms with Crippen molar-refractivity contribution >= 4 is 11.3 Å². The highest BCUT2D eigenvalue weighted by atomic mass is 32.1. The predicted molar refractivity (Wildman–Crippen MR) is 65.3 cm³/mol. The van der Waals surface area contributed by atoms with E-state index < -0.39 is 0 Å². The van der Waals surface area contributed by atoms with Gasteiger partial charge in [-0.15, -0.1) is 11.3 Å². The Morgan fingerprint density at radius 3 is 2.87 bits per heavy atom. The highest BCUT2D eigenvalue weighted by Crippen LogP contribution is 2.44. The minimum Gasteiger partial charge on any atom is -0.291 e. The van der Waals surface area contributed by atoms with Gasteiger partial charge < -0.3 is 0 Å². The Bertz CT molecular complexity index is 429. The largest absolute Gasteiger partial charge is 0.291 e. The van der Waals surface area contributed by atoms with Crippen LogP contribution in [0.15, 0.2) is 22.6 Å². The number of hydrogen-bond acceptors (Lipinski definition) is 2. The second kappa shape index (κ2) is 3.19. The average molecular weight is 219 g/mol. The molecule has 1 nitrogen and oxygen atoms in total. The van der Waals surface area contributed by atoms with Gasteiger partial charge in [-0.2, -0.15) is 0 Å². The van der Waals surface area contributed by atoms with Gasteiger partial charge >= 0.3 is 0 Å². The van der Waals surface area contributed by atoms with Gasteiger partial charge in [-0.05, 0) is 50.7 Å². The third-order valence-corrected chi connectivity index (χ3v) is 5.21. The molecule has 0 N–H and O–H groups in total.